The van der Waals surface area contributed by atoms with Gasteiger partial charge in [-0.15, -0.1) is 0 Å². The molecule has 0 aromatic heterocycles. The zero-order chi connectivity index (χ0) is 20.2. The van der Waals surface area contributed by atoms with Gasteiger partial charge in [-0.3, -0.25) is 14.4 Å². The Kier molecular flexibility index (Phi) is 9.65. The van der Waals surface area contributed by atoms with Crippen molar-refractivity contribution in [2.45, 2.75) is 51.7 Å². The maximum Gasteiger partial charge on any atom is 0.289 e. The van der Waals surface area contributed by atoms with Crippen molar-refractivity contribution in [1.29, 1.82) is 0 Å². The third-order valence-corrected chi connectivity index (χ3v) is 4.58. The molecule has 2 N–H and O–H groups in total. The first-order chi connectivity index (χ1) is 13.6. The van der Waals surface area contributed by atoms with Gasteiger partial charge >= 0.3 is 0 Å². The minimum absolute atomic E-state index is 0.281. The highest BCUT2D eigenvalue weighted by Crippen LogP contribution is 2.12. The summed E-state index contributed by atoms with van der Waals surface area (Å²) >= 11 is 0. The molecule has 1 aliphatic rings. The summed E-state index contributed by atoms with van der Waals surface area (Å²) in [4.78, 5) is 37.6. The lowest BCUT2D eigenvalue weighted by Crippen LogP contribution is -2.47. The molecule has 1 aliphatic heterocycles. The Balaban J connectivity index is 2.13. The normalized spacial score (nSPS) is 19.0. The molecule has 0 saturated heterocycles. The van der Waals surface area contributed by atoms with Crippen LogP contribution < -0.4 is 10.6 Å². The molecule has 2 rings (SSSR count). The van der Waals surface area contributed by atoms with Gasteiger partial charge in [0.15, 0.2) is 0 Å². The van der Waals surface area contributed by atoms with Crippen LogP contribution in [0.4, 0.5) is 0 Å². The molecule has 154 valence electrons. The highest BCUT2D eigenvalue weighted by Gasteiger charge is 2.27. The van der Waals surface area contributed by atoms with E-state index >= 15 is 0 Å². The van der Waals surface area contributed by atoms with Gasteiger partial charge in [0.1, 0.15) is 0 Å². The number of carbonyl (C=O) groups excluding carboxylic acids is 3. The molecule has 1 aromatic carbocycles. The van der Waals surface area contributed by atoms with E-state index in [0.29, 0.717) is 44.8 Å². The second-order valence-electron chi connectivity index (χ2n) is 6.82. The molecule has 28 heavy (non-hydrogen) atoms. The molecule has 1 aromatic rings. The standard InChI is InChI=1S/C21H30N2O5/c1-2-3-11-22-21(26)19(24)18-10-6-7-12-27-13-14-28-15-16-8-4-5-9-17(16)20(25)23-18/h4-5,8-9,18H,2-3,6-7,10-15H2,1H3,(H,22,26)(H,23,25)/t18-/m0/s1. The molecule has 0 saturated carbocycles. The number of carbonyl (C=O) groups is 3. The van der Waals surface area contributed by atoms with E-state index in [4.69, 9.17) is 9.47 Å². The van der Waals surface area contributed by atoms with Gasteiger partial charge in [-0.2, -0.15) is 0 Å². The Bertz CT molecular complexity index is 662. The van der Waals surface area contributed by atoms with Crippen molar-refractivity contribution >= 4 is 17.6 Å². The summed E-state index contributed by atoms with van der Waals surface area (Å²) in [6, 6.07) is 6.25. The van der Waals surface area contributed by atoms with Gasteiger partial charge < -0.3 is 20.1 Å². The Morgan fingerprint density at radius 3 is 2.75 bits per heavy atom. The second-order valence-corrected chi connectivity index (χ2v) is 6.82. The van der Waals surface area contributed by atoms with Crippen LogP contribution in [0.3, 0.4) is 0 Å². The van der Waals surface area contributed by atoms with E-state index in [-0.39, 0.29) is 12.5 Å². The van der Waals surface area contributed by atoms with E-state index in [1.54, 1.807) is 12.1 Å². The highest BCUT2D eigenvalue weighted by atomic mass is 16.5. The first kappa shape index (κ1) is 22.0. The average Bonchev–Trinajstić information content (AvgIpc) is 2.71. The van der Waals surface area contributed by atoms with E-state index < -0.39 is 17.7 Å². The summed E-state index contributed by atoms with van der Waals surface area (Å²) in [6.45, 7) is 4.23. The fourth-order valence-electron chi connectivity index (χ4n) is 2.95. The van der Waals surface area contributed by atoms with Gasteiger partial charge in [-0.05, 0) is 37.3 Å². The monoisotopic (exact) mass is 390 g/mol. The molecule has 7 heteroatoms. The van der Waals surface area contributed by atoms with Crippen molar-refractivity contribution in [1.82, 2.24) is 10.6 Å². The minimum atomic E-state index is -0.856. The number of rotatable bonds is 5. The molecule has 0 bridgehead atoms. The Morgan fingerprint density at radius 1 is 1.14 bits per heavy atom. The lowest BCUT2D eigenvalue weighted by atomic mass is 10.0. The van der Waals surface area contributed by atoms with Crippen LogP contribution in [0.25, 0.3) is 0 Å². The predicted molar refractivity (Wildman–Crippen MR) is 105 cm³/mol. The van der Waals surface area contributed by atoms with Crippen LogP contribution in [0.5, 0.6) is 0 Å². The third kappa shape index (κ3) is 7.05. The van der Waals surface area contributed by atoms with Crippen LogP contribution in [-0.4, -0.2) is 50.0 Å². The van der Waals surface area contributed by atoms with Gasteiger partial charge in [0, 0.05) is 18.7 Å². The van der Waals surface area contributed by atoms with Crippen molar-refractivity contribution in [3.8, 4) is 0 Å². The number of hydrogen-bond donors (Lipinski definition) is 2. The average molecular weight is 390 g/mol. The van der Waals surface area contributed by atoms with E-state index in [9.17, 15) is 14.4 Å². The minimum Gasteiger partial charge on any atom is -0.379 e. The van der Waals surface area contributed by atoms with Crippen molar-refractivity contribution < 1.29 is 23.9 Å². The molecular formula is C21H30N2O5. The summed E-state index contributed by atoms with van der Waals surface area (Å²) in [7, 11) is 0. The molecule has 0 radical (unpaired) electrons. The molecule has 0 aliphatic carbocycles. The number of nitrogens with one attached hydrogen (secondary N) is 2. The van der Waals surface area contributed by atoms with E-state index in [2.05, 4.69) is 10.6 Å². The smallest absolute Gasteiger partial charge is 0.289 e. The van der Waals surface area contributed by atoms with Gasteiger partial charge in [-0.1, -0.05) is 31.5 Å². The fourth-order valence-corrected chi connectivity index (χ4v) is 2.95. The number of ketones is 1. The van der Waals surface area contributed by atoms with E-state index in [1.165, 1.54) is 0 Å². The van der Waals surface area contributed by atoms with Crippen LogP contribution >= 0.6 is 0 Å². The zero-order valence-electron chi connectivity index (χ0n) is 16.5. The predicted octanol–water partition coefficient (Wildman–Crippen LogP) is 1.99. The molecule has 2 amide bonds. The number of hydrogen-bond acceptors (Lipinski definition) is 5. The first-order valence-corrected chi connectivity index (χ1v) is 9.99. The SMILES string of the molecule is CCCCNC(=O)C(=O)[C@@H]1CCCCOCCOCc2ccccc2C(=O)N1. The van der Waals surface area contributed by atoms with E-state index in [1.807, 2.05) is 19.1 Å². The maximum atomic E-state index is 12.8. The molecule has 0 spiro atoms. The van der Waals surface area contributed by atoms with Gasteiger partial charge in [-0.25, -0.2) is 0 Å². The summed E-state index contributed by atoms with van der Waals surface area (Å²) < 4.78 is 11.1. The van der Waals surface area contributed by atoms with Crippen molar-refractivity contribution in [3.63, 3.8) is 0 Å². The molecule has 0 fully saturated rings. The molecule has 1 heterocycles. The molecule has 1 atom stereocenters. The third-order valence-electron chi connectivity index (χ3n) is 4.58. The van der Waals surface area contributed by atoms with Crippen LogP contribution in [0.2, 0.25) is 0 Å². The molecule has 7 nitrogen and oxygen atoms in total. The van der Waals surface area contributed by atoms with Gasteiger partial charge in [0.25, 0.3) is 11.8 Å². The van der Waals surface area contributed by atoms with Crippen molar-refractivity contribution in [2.24, 2.45) is 0 Å². The number of amides is 2. The number of ether oxygens (including phenoxy) is 2. The summed E-state index contributed by atoms with van der Waals surface area (Å²) in [5.74, 6) is -1.62. The quantitative estimate of drug-likeness (QED) is 0.592. The van der Waals surface area contributed by atoms with Crippen molar-refractivity contribution in [3.05, 3.63) is 35.4 Å². The summed E-state index contributed by atoms with van der Waals surface area (Å²) in [5.41, 5.74) is 1.18. The number of unbranched alkanes of at least 4 members (excludes halogenated alkanes) is 1. The molecule has 0 unspecified atom stereocenters. The lowest BCUT2D eigenvalue weighted by molar-refractivity contribution is -0.139. The second kappa shape index (κ2) is 12.3. The van der Waals surface area contributed by atoms with Crippen LogP contribution in [-0.2, 0) is 25.7 Å². The summed E-state index contributed by atoms with van der Waals surface area (Å²) in [6.07, 6.45) is 3.54. The van der Waals surface area contributed by atoms with E-state index in [0.717, 1.165) is 24.8 Å². The van der Waals surface area contributed by atoms with Crippen LogP contribution in [0.15, 0.2) is 24.3 Å². The number of fused-ring (bicyclic) bond motifs is 1. The highest BCUT2D eigenvalue weighted by molar-refractivity contribution is 6.38. The Labute approximate surface area is 166 Å². The largest absolute Gasteiger partial charge is 0.379 e. The number of Topliss-reactive ketones (excluding diaryl/α,β-unsaturated/α-hetero) is 1. The Morgan fingerprint density at radius 2 is 1.93 bits per heavy atom. The fraction of sp³-hybridized carbons (Fsp3) is 0.571. The van der Waals surface area contributed by atoms with Crippen molar-refractivity contribution in [2.75, 3.05) is 26.4 Å². The van der Waals surface area contributed by atoms with Crippen LogP contribution in [0.1, 0.15) is 54.9 Å². The number of benzene rings is 1. The van der Waals surface area contributed by atoms with Gasteiger partial charge in [0.2, 0.25) is 5.78 Å². The Hall–Kier alpha value is -2.25. The van der Waals surface area contributed by atoms with Gasteiger partial charge in [0.05, 0.1) is 25.9 Å². The lowest BCUT2D eigenvalue weighted by Gasteiger charge is -2.19. The maximum absolute atomic E-state index is 12.8. The first-order valence-electron chi connectivity index (χ1n) is 9.99. The topological polar surface area (TPSA) is 93.7 Å². The molecular weight excluding hydrogens is 360 g/mol. The zero-order valence-corrected chi connectivity index (χ0v) is 16.5. The summed E-state index contributed by atoms with van der Waals surface area (Å²) in [5, 5.41) is 5.39. The van der Waals surface area contributed by atoms with Crippen LogP contribution in [0, 0.1) is 0 Å².